The third-order valence-electron chi connectivity index (χ3n) is 2.14. The molecule has 1 heterocycles. The van der Waals surface area contributed by atoms with Crippen molar-refractivity contribution in [2.75, 3.05) is 0 Å². The number of carbonyl (C=O) groups is 2. The third kappa shape index (κ3) is 1.48. The van der Waals surface area contributed by atoms with Crippen molar-refractivity contribution < 1.29 is 19.8 Å². The molecule has 0 aromatic carbocycles. The van der Waals surface area contributed by atoms with Gasteiger partial charge in [-0.1, -0.05) is 0 Å². The lowest BCUT2D eigenvalue weighted by atomic mass is 9.88. The van der Waals surface area contributed by atoms with E-state index in [4.69, 9.17) is 10.2 Å². The summed E-state index contributed by atoms with van der Waals surface area (Å²) in [4.78, 5) is 21.7. The number of carboxylic acid groups (broad SMARTS) is 2. The van der Waals surface area contributed by atoms with Gasteiger partial charge in [-0.05, 0) is 26.0 Å². The summed E-state index contributed by atoms with van der Waals surface area (Å²) < 4.78 is 0. The summed E-state index contributed by atoms with van der Waals surface area (Å²) in [5.74, 6) is -2.44. The molecule has 1 rings (SSSR count). The summed E-state index contributed by atoms with van der Waals surface area (Å²) in [6.45, 7) is 3.00. The number of allylic oxidation sites excluding steroid dienone is 3. The van der Waals surface area contributed by atoms with E-state index in [0.29, 0.717) is 5.70 Å². The van der Waals surface area contributed by atoms with Crippen molar-refractivity contribution in [3.8, 4) is 0 Å². The first kappa shape index (κ1) is 10.3. The summed E-state index contributed by atoms with van der Waals surface area (Å²) in [7, 11) is 0. The van der Waals surface area contributed by atoms with Gasteiger partial charge in [-0.25, -0.2) is 9.59 Å². The second kappa shape index (κ2) is 3.17. The van der Waals surface area contributed by atoms with E-state index in [2.05, 4.69) is 5.32 Å². The lowest BCUT2D eigenvalue weighted by Crippen LogP contribution is -2.53. The Hall–Kier alpha value is -1.78. The molecule has 1 atom stereocenters. The summed E-state index contributed by atoms with van der Waals surface area (Å²) in [5.41, 5.74) is -1.10. The molecule has 0 saturated heterocycles. The van der Waals surface area contributed by atoms with Crippen LogP contribution in [0.3, 0.4) is 0 Å². The average molecular weight is 197 g/mol. The van der Waals surface area contributed by atoms with Crippen molar-refractivity contribution in [3.63, 3.8) is 0 Å². The van der Waals surface area contributed by atoms with Crippen molar-refractivity contribution >= 4 is 11.9 Å². The van der Waals surface area contributed by atoms with Crippen LogP contribution in [0, 0.1) is 0 Å². The standard InChI is InChI=1S/C9H11NO4/c1-5-3-4-6(7(11)12)9(2,10-5)8(13)14/h3-4,10H,1-2H3,(H,11,12)(H,13,14). The van der Waals surface area contributed by atoms with E-state index >= 15 is 0 Å². The van der Waals surface area contributed by atoms with Crippen LogP contribution < -0.4 is 5.32 Å². The Balaban J connectivity index is 3.21. The molecule has 0 radical (unpaired) electrons. The lowest BCUT2D eigenvalue weighted by molar-refractivity contribution is -0.145. The van der Waals surface area contributed by atoms with Crippen molar-refractivity contribution in [1.29, 1.82) is 0 Å². The zero-order valence-corrected chi connectivity index (χ0v) is 7.87. The minimum atomic E-state index is -1.55. The van der Waals surface area contributed by atoms with Crippen LogP contribution in [0.5, 0.6) is 0 Å². The van der Waals surface area contributed by atoms with Crippen LogP contribution in [0.4, 0.5) is 0 Å². The quantitative estimate of drug-likeness (QED) is 0.594. The zero-order valence-electron chi connectivity index (χ0n) is 7.87. The van der Waals surface area contributed by atoms with Gasteiger partial charge in [0.25, 0.3) is 0 Å². The van der Waals surface area contributed by atoms with E-state index in [1.54, 1.807) is 6.92 Å². The summed E-state index contributed by atoms with van der Waals surface area (Å²) in [5, 5.41) is 20.4. The highest BCUT2D eigenvalue weighted by Gasteiger charge is 2.42. The van der Waals surface area contributed by atoms with Gasteiger partial charge in [0.1, 0.15) is 0 Å². The van der Waals surface area contributed by atoms with Crippen LogP contribution in [0.2, 0.25) is 0 Å². The lowest BCUT2D eigenvalue weighted by Gasteiger charge is -2.30. The number of dihydropyridines is 1. The molecule has 0 bridgehead atoms. The van der Waals surface area contributed by atoms with Crippen molar-refractivity contribution in [2.45, 2.75) is 19.4 Å². The fraction of sp³-hybridized carbons (Fsp3) is 0.333. The van der Waals surface area contributed by atoms with Crippen molar-refractivity contribution in [1.82, 2.24) is 5.32 Å². The Bertz CT molecular complexity index is 356. The van der Waals surface area contributed by atoms with Crippen LogP contribution in [0.25, 0.3) is 0 Å². The van der Waals surface area contributed by atoms with Crippen LogP contribution in [-0.4, -0.2) is 27.7 Å². The number of rotatable bonds is 2. The number of hydrogen-bond acceptors (Lipinski definition) is 3. The predicted octanol–water partition coefficient (Wildman–Crippen LogP) is 0.348. The summed E-state index contributed by atoms with van der Waals surface area (Å²) >= 11 is 0. The highest BCUT2D eigenvalue weighted by Crippen LogP contribution is 2.22. The minimum Gasteiger partial charge on any atom is -0.479 e. The molecule has 5 heteroatoms. The highest BCUT2D eigenvalue weighted by atomic mass is 16.4. The molecule has 0 aliphatic carbocycles. The van der Waals surface area contributed by atoms with Gasteiger partial charge in [-0.2, -0.15) is 0 Å². The van der Waals surface area contributed by atoms with Gasteiger partial charge in [0.2, 0.25) is 0 Å². The number of aliphatic carboxylic acids is 2. The molecule has 1 aliphatic rings. The molecule has 0 aromatic rings. The van der Waals surface area contributed by atoms with Gasteiger partial charge in [0.05, 0.1) is 5.57 Å². The molecule has 3 N–H and O–H groups in total. The van der Waals surface area contributed by atoms with Crippen LogP contribution in [0.15, 0.2) is 23.4 Å². The minimum absolute atomic E-state index is 0.171. The van der Waals surface area contributed by atoms with Gasteiger partial charge in [0, 0.05) is 5.70 Å². The molecule has 76 valence electrons. The molecule has 1 aliphatic heterocycles. The molecular weight excluding hydrogens is 186 g/mol. The summed E-state index contributed by atoms with van der Waals surface area (Å²) in [6.07, 6.45) is 2.84. The van der Waals surface area contributed by atoms with Crippen molar-refractivity contribution in [3.05, 3.63) is 23.4 Å². The first-order valence-corrected chi connectivity index (χ1v) is 4.02. The van der Waals surface area contributed by atoms with Gasteiger partial charge < -0.3 is 15.5 Å². The Morgan fingerprint density at radius 2 is 1.93 bits per heavy atom. The van der Waals surface area contributed by atoms with Crippen LogP contribution in [-0.2, 0) is 9.59 Å². The monoisotopic (exact) mass is 197 g/mol. The average Bonchev–Trinajstić information content (AvgIpc) is 2.02. The highest BCUT2D eigenvalue weighted by molar-refractivity contribution is 6.00. The molecule has 0 aromatic heterocycles. The van der Waals surface area contributed by atoms with E-state index in [0.717, 1.165) is 0 Å². The second-order valence-electron chi connectivity index (χ2n) is 3.29. The Morgan fingerprint density at radius 1 is 1.36 bits per heavy atom. The Labute approximate surface area is 80.7 Å². The van der Waals surface area contributed by atoms with Crippen LogP contribution >= 0.6 is 0 Å². The topological polar surface area (TPSA) is 86.6 Å². The first-order chi connectivity index (χ1) is 6.38. The van der Waals surface area contributed by atoms with Crippen molar-refractivity contribution in [2.24, 2.45) is 0 Å². The van der Waals surface area contributed by atoms with E-state index in [9.17, 15) is 9.59 Å². The maximum Gasteiger partial charge on any atom is 0.334 e. The Morgan fingerprint density at radius 3 is 2.36 bits per heavy atom. The number of hydrogen-bond donors (Lipinski definition) is 3. The SMILES string of the molecule is CC1=CC=C(C(=O)O)C(C)(C(=O)O)N1. The molecule has 14 heavy (non-hydrogen) atoms. The van der Waals surface area contributed by atoms with Gasteiger partial charge >= 0.3 is 11.9 Å². The van der Waals surface area contributed by atoms with E-state index in [1.165, 1.54) is 19.1 Å². The molecule has 0 saturated carbocycles. The molecule has 0 fully saturated rings. The fourth-order valence-electron chi connectivity index (χ4n) is 1.33. The van der Waals surface area contributed by atoms with Gasteiger partial charge in [-0.15, -0.1) is 0 Å². The van der Waals surface area contributed by atoms with E-state index < -0.39 is 17.5 Å². The fourth-order valence-corrected chi connectivity index (χ4v) is 1.33. The largest absolute Gasteiger partial charge is 0.479 e. The predicted molar refractivity (Wildman–Crippen MR) is 48.7 cm³/mol. The smallest absolute Gasteiger partial charge is 0.334 e. The second-order valence-corrected chi connectivity index (χ2v) is 3.29. The van der Waals surface area contributed by atoms with E-state index in [-0.39, 0.29) is 5.57 Å². The zero-order chi connectivity index (χ0) is 10.9. The van der Waals surface area contributed by atoms with Gasteiger partial charge in [-0.3, -0.25) is 0 Å². The normalized spacial score (nSPS) is 25.9. The summed E-state index contributed by atoms with van der Waals surface area (Å²) in [6, 6.07) is 0. The number of nitrogens with one attached hydrogen (secondary N) is 1. The Kier molecular flexibility index (Phi) is 2.33. The molecule has 1 unspecified atom stereocenters. The van der Waals surface area contributed by atoms with E-state index in [1.807, 2.05) is 0 Å². The maximum atomic E-state index is 10.9. The first-order valence-electron chi connectivity index (χ1n) is 4.02. The molecule has 0 spiro atoms. The molecule has 0 amide bonds. The molecule has 5 nitrogen and oxygen atoms in total. The number of carboxylic acids is 2. The molecular formula is C9H11NO4. The third-order valence-corrected chi connectivity index (χ3v) is 2.14. The van der Waals surface area contributed by atoms with Gasteiger partial charge in [0.15, 0.2) is 5.54 Å². The maximum absolute atomic E-state index is 10.9. The van der Waals surface area contributed by atoms with Crippen LogP contribution in [0.1, 0.15) is 13.8 Å².